The van der Waals surface area contributed by atoms with Gasteiger partial charge in [0.15, 0.2) is 17.3 Å². The van der Waals surface area contributed by atoms with Crippen LogP contribution in [0, 0.1) is 0 Å². The van der Waals surface area contributed by atoms with Crippen molar-refractivity contribution in [1.29, 1.82) is 0 Å². The van der Waals surface area contributed by atoms with Crippen LogP contribution in [0.4, 0.5) is 0 Å². The quantitative estimate of drug-likeness (QED) is 0.142. The van der Waals surface area contributed by atoms with Gasteiger partial charge in [0.1, 0.15) is 31.3 Å². The maximum Gasteiger partial charge on any atom is 0.313 e. The summed E-state index contributed by atoms with van der Waals surface area (Å²) in [6, 6.07) is 8.17. The van der Waals surface area contributed by atoms with Crippen molar-refractivity contribution in [3.63, 3.8) is 0 Å². The van der Waals surface area contributed by atoms with E-state index in [9.17, 15) is 9.59 Å². The van der Waals surface area contributed by atoms with E-state index >= 15 is 0 Å². The van der Waals surface area contributed by atoms with Crippen molar-refractivity contribution in [2.24, 2.45) is 0 Å². The SMILES string of the molecule is C=CCOc1cc(OCC=C)c(C(=O)c2ccc(OCCOC)c(OC)c2)c(C(CC)C(=O)OC)c1. The third-order valence-corrected chi connectivity index (χ3v) is 5.30. The second-order valence-corrected chi connectivity index (χ2v) is 7.61. The number of esters is 1. The second-order valence-electron chi connectivity index (χ2n) is 7.61. The second kappa shape index (κ2) is 14.6. The molecule has 36 heavy (non-hydrogen) atoms. The van der Waals surface area contributed by atoms with Crippen LogP contribution in [0.3, 0.4) is 0 Å². The molecule has 0 aromatic heterocycles. The van der Waals surface area contributed by atoms with Gasteiger partial charge in [-0.1, -0.05) is 32.2 Å². The Bertz CT molecular complexity index is 1060. The average molecular weight is 499 g/mol. The van der Waals surface area contributed by atoms with Gasteiger partial charge in [-0.15, -0.1) is 0 Å². The normalized spacial score (nSPS) is 11.2. The smallest absolute Gasteiger partial charge is 0.313 e. The van der Waals surface area contributed by atoms with Crippen LogP contribution in [0.25, 0.3) is 0 Å². The molecular weight excluding hydrogens is 464 g/mol. The van der Waals surface area contributed by atoms with Gasteiger partial charge in [0.05, 0.1) is 32.3 Å². The number of methoxy groups -OCH3 is 3. The molecule has 0 spiro atoms. The number of carbonyl (C=O) groups is 2. The van der Waals surface area contributed by atoms with Gasteiger partial charge in [-0.2, -0.15) is 0 Å². The van der Waals surface area contributed by atoms with Crippen LogP contribution in [-0.2, 0) is 14.3 Å². The molecule has 1 unspecified atom stereocenters. The van der Waals surface area contributed by atoms with Crippen LogP contribution >= 0.6 is 0 Å². The van der Waals surface area contributed by atoms with Crippen molar-refractivity contribution in [3.8, 4) is 23.0 Å². The van der Waals surface area contributed by atoms with Gasteiger partial charge in [0.25, 0.3) is 0 Å². The lowest BCUT2D eigenvalue weighted by Crippen LogP contribution is -2.19. The standard InChI is InChI=1S/C28H34O8/c1-7-12-34-20-17-22(21(9-3)28(30)33-6)26(25(18-20)35-13-8-2)27(29)19-10-11-23(24(16-19)32-5)36-15-14-31-4/h7-8,10-11,16-18,21H,1-2,9,12-15H2,3-6H3. The summed E-state index contributed by atoms with van der Waals surface area (Å²) in [5.74, 6) is 0.0121. The van der Waals surface area contributed by atoms with Crippen LogP contribution < -0.4 is 18.9 Å². The first kappa shape index (κ1) is 28.5. The van der Waals surface area contributed by atoms with Crippen LogP contribution in [-0.4, -0.2) is 59.5 Å². The molecule has 2 aromatic carbocycles. The maximum atomic E-state index is 13.9. The first-order chi connectivity index (χ1) is 17.4. The lowest BCUT2D eigenvalue weighted by Gasteiger charge is -2.21. The van der Waals surface area contributed by atoms with Crippen molar-refractivity contribution in [1.82, 2.24) is 0 Å². The van der Waals surface area contributed by atoms with E-state index in [1.54, 1.807) is 49.6 Å². The van der Waals surface area contributed by atoms with E-state index in [1.165, 1.54) is 14.2 Å². The summed E-state index contributed by atoms with van der Waals surface area (Å²) in [6.45, 7) is 10.3. The number of benzene rings is 2. The molecule has 0 saturated heterocycles. The molecule has 8 heteroatoms. The Morgan fingerprint density at radius 2 is 1.61 bits per heavy atom. The van der Waals surface area contributed by atoms with Gasteiger partial charge >= 0.3 is 5.97 Å². The molecule has 0 fully saturated rings. The minimum atomic E-state index is -0.717. The molecule has 2 rings (SSSR count). The van der Waals surface area contributed by atoms with Crippen molar-refractivity contribution in [2.75, 3.05) is 47.8 Å². The molecule has 0 bridgehead atoms. The Kier molecular flexibility index (Phi) is 11.5. The highest BCUT2D eigenvalue weighted by atomic mass is 16.5. The number of ether oxygens (including phenoxy) is 6. The van der Waals surface area contributed by atoms with Crippen molar-refractivity contribution in [3.05, 3.63) is 72.3 Å². The third-order valence-electron chi connectivity index (χ3n) is 5.30. The Morgan fingerprint density at radius 1 is 0.889 bits per heavy atom. The fourth-order valence-corrected chi connectivity index (χ4v) is 3.59. The summed E-state index contributed by atoms with van der Waals surface area (Å²) in [5.41, 5.74) is 1.000. The summed E-state index contributed by atoms with van der Waals surface area (Å²) in [6.07, 6.45) is 3.56. The molecule has 0 radical (unpaired) electrons. The van der Waals surface area contributed by atoms with E-state index in [2.05, 4.69) is 13.2 Å². The largest absolute Gasteiger partial charge is 0.493 e. The first-order valence-corrected chi connectivity index (χ1v) is 11.5. The lowest BCUT2D eigenvalue weighted by atomic mass is 9.87. The Hall–Kier alpha value is -3.78. The molecule has 0 aliphatic carbocycles. The van der Waals surface area contributed by atoms with Crippen molar-refractivity contribution < 1.29 is 38.0 Å². The predicted octanol–water partition coefficient (Wildman–Crippen LogP) is 4.75. The predicted molar refractivity (Wildman–Crippen MR) is 137 cm³/mol. The van der Waals surface area contributed by atoms with Gasteiger partial charge in [0.2, 0.25) is 0 Å². The van der Waals surface area contributed by atoms with Crippen LogP contribution in [0.2, 0.25) is 0 Å². The number of rotatable bonds is 16. The van der Waals surface area contributed by atoms with E-state index in [0.717, 1.165) is 0 Å². The zero-order chi connectivity index (χ0) is 26.5. The van der Waals surface area contributed by atoms with Gasteiger partial charge < -0.3 is 28.4 Å². The highest BCUT2D eigenvalue weighted by Crippen LogP contribution is 2.38. The van der Waals surface area contributed by atoms with E-state index < -0.39 is 11.9 Å². The Labute approximate surface area is 212 Å². The summed E-state index contributed by atoms with van der Waals surface area (Å²) >= 11 is 0. The van der Waals surface area contributed by atoms with E-state index in [-0.39, 0.29) is 30.3 Å². The monoisotopic (exact) mass is 498 g/mol. The average Bonchev–Trinajstić information content (AvgIpc) is 2.90. The number of hydrogen-bond acceptors (Lipinski definition) is 8. The summed E-state index contributed by atoms with van der Waals surface area (Å²) in [5, 5.41) is 0. The highest BCUT2D eigenvalue weighted by Gasteiger charge is 2.30. The number of hydrogen-bond donors (Lipinski definition) is 0. The van der Waals surface area contributed by atoms with Crippen LogP contribution in [0.1, 0.15) is 40.7 Å². The van der Waals surface area contributed by atoms with Crippen LogP contribution in [0.15, 0.2) is 55.6 Å². The molecular formula is C28H34O8. The molecule has 194 valence electrons. The number of ketones is 1. The Morgan fingerprint density at radius 3 is 2.22 bits per heavy atom. The zero-order valence-corrected chi connectivity index (χ0v) is 21.3. The van der Waals surface area contributed by atoms with Crippen molar-refractivity contribution >= 4 is 11.8 Å². The Balaban J connectivity index is 2.68. The summed E-state index contributed by atoms with van der Waals surface area (Å²) in [7, 11) is 4.39. The minimum absolute atomic E-state index is 0.148. The van der Waals surface area contributed by atoms with Gasteiger partial charge in [-0.05, 0) is 36.2 Å². The molecule has 0 amide bonds. The molecule has 1 atom stereocenters. The minimum Gasteiger partial charge on any atom is -0.493 e. The van der Waals surface area contributed by atoms with E-state index in [1.807, 2.05) is 6.92 Å². The summed E-state index contributed by atoms with van der Waals surface area (Å²) < 4.78 is 32.8. The fraction of sp³-hybridized carbons (Fsp3) is 0.357. The summed E-state index contributed by atoms with van der Waals surface area (Å²) in [4.78, 5) is 26.6. The molecule has 0 aliphatic heterocycles. The molecule has 0 aliphatic rings. The first-order valence-electron chi connectivity index (χ1n) is 11.5. The maximum absolute atomic E-state index is 13.9. The topological polar surface area (TPSA) is 89.5 Å². The van der Waals surface area contributed by atoms with Crippen molar-refractivity contribution in [2.45, 2.75) is 19.3 Å². The molecule has 0 saturated carbocycles. The lowest BCUT2D eigenvalue weighted by molar-refractivity contribution is -0.142. The van der Waals surface area contributed by atoms with E-state index in [0.29, 0.717) is 48.0 Å². The van der Waals surface area contributed by atoms with Gasteiger partial charge in [-0.3, -0.25) is 9.59 Å². The zero-order valence-electron chi connectivity index (χ0n) is 21.3. The third kappa shape index (κ3) is 7.11. The van der Waals surface area contributed by atoms with Gasteiger partial charge in [-0.25, -0.2) is 0 Å². The molecule has 2 aromatic rings. The number of carbonyl (C=O) groups excluding carboxylic acids is 2. The molecule has 0 heterocycles. The van der Waals surface area contributed by atoms with Gasteiger partial charge in [0, 0.05) is 18.7 Å². The molecule has 8 nitrogen and oxygen atoms in total. The van der Waals surface area contributed by atoms with Crippen LogP contribution in [0.5, 0.6) is 23.0 Å². The fourth-order valence-electron chi connectivity index (χ4n) is 3.59. The highest BCUT2D eigenvalue weighted by molar-refractivity contribution is 6.13. The molecule has 0 N–H and O–H groups in total. The van der Waals surface area contributed by atoms with E-state index in [4.69, 9.17) is 28.4 Å².